The number of nitrogens with one attached hydrogen (secondary N) is 1. The van der Waals surface area contributed by atoms with Gasteiger partial charge in [-0.2, -0.15) is 8.78 Å². The molecule has 3 rings (SSSR count). The predicted octanol–water partition coefficient (Wildman–Crippen LogP) is 3.14. The summed E-state index contributed by atoms with van der Waals surface area (Å²) < 4.78 is 31.9. The first kappa shape index (κ1) is 20.0. The zero-order valence-corrected chi connectivity index (χ0v) is 15.2. The molecule has 7 nitrogen and oxygen atoms in total. The summed E-state index contributed by atoms with van der Waals surface area (Å²) in [5, 5.41) is 2.67. The molecule has 0 bridgehead atoms. The van der Waals surface area contributed by atoms with Crippen molar-refractivity contribution in [2.45, 2.75) is 13.0 Å². The van der Waals surface area contributed by atoms with Gasteiger partial charge in [0.15, 0.2) is 0 Å². The lowest BCUT2D eigenvalue weighted by molar-refractivity contribution is 0.0670. The van der Waals surface area contributed by atoms with E-state index < -0.39 is 12.5 Å². The topological polar surface area (TPSA) is 99.2 Å². The first-order chi connectivity index (χ1) is 13.9. The van der Waals surface area contributed by atoms with Crippen LogP contribution < -0.4 is 15.8 Å². The van der Waals surface area contributed by atoms with Crippen molar-refractivity contribution >= 4 is 11.8 Å². The summed E-state index contributed by atoms with van der Waals surface area (Å²) in [7, 11) is 0. The van der Waals surface area contributed by atoms with Crippen LogP contribution in [-0.4, -0.2) is 27.9 Å². The van der Waals surface area contributed by atoms with Crippen molar-refractivity contribution in [3.05, 3.63) is 77.9 Å². The van der Waals surface area contributed by atoms with Gasteiger partial charge in [-0.25, -0.2) is 4.98 Å². The van der Waals surface area contributed by atoms with Gasteiger partial charge in [0.05, 0.1) is 0 Å². The van der Waals surface area contributed by atoms with E-state index >= 15 is 0 Å². The maximum absolute atomic E-state index is 12.8. The molecule has 0 saturated carbocycles. The molecule has 2 amide bonds. The Morgan fingerprint density at radius 3 is 2.17 bits per heavy atom. The fourth-order valence-corrected chi connectivity index (χ4v) is 2.60. The molecule has 0 radical (unpaired) electrons. The number of primary amides is 1. The highest BCUT2D eigenvalue weighted by Gasteiger charge is 2.12. The number of hydrogen-bond acceptors (Lipinski definition) is 4. The van der Waals surface area contributed by atoms with Gasteiger partial charge in [-0.15, -0.1) is 0 Å². The van der Waals surface area contributed by atoms with Crippen LogP contribution in [0.5, 0.6) is 11.5 Å². The van der Waals surface area contributed by atoms with Crippen LogP contribution in [0, 0.1) is 0 Å². The second-order valence-electron chi connectivity index (χ2n) is 6.05. The van der Waals surface area contributed by atoms with Gasteiger partial charge in [0.1, 0.15) is 17.3 Å². The second-order valence-corrected chi connectivity index (χ2v) is 6.05. The number of imidazole rings is 1. The second kappa shape index (κ2) is 8.96. The molecule has 0 aliphatic heterocycles. The summed E-state index contributed by atoms with van der Waals surface area (Å²) in [5.41, 5.74) is 5.97. The lowest BCUT2D eigenvalue weighted by Gasteiger charge is -2.09. The van der Waals surface area contributed by atoms with E-state index in [-0.39, 0.29) is 24.7 Å². The Morgan fingerprint density at radius 2 is 1.62 bits per heavy atom. The van der Waals surface area contributed by atoms with Gasteiger partial charge in [-0.05, 0) is 48.5 Å². The molecule has 0 unspecified atom stereocenters. The zero-order chi connectivity index (χ0) is 20.8. The monoisotopic (exact) mass is 400 g/mol. The summed E-state index contributed by atoms with van der Waals surface area (Å²) in [6.07, 6.45) is 2.68. The van der Waals surface area contributed by atoms with Crippen LogP contribution in [0.15, 0.2) is 60.9 Å². The molecule has 9 heteroatoms. The van der Waals surface area contributed by atoms with Crippen molar-refractivity contribution in [1.82, 2.24) is 14.9 Å². The van der Waals surface area contributed by atoms with Crippen molar-refractivity contribution in [1.29, 1.82) is 0 Å². The Balaban J connectivity index is 1.53. The van der Waals surface area contributed by atoms with Gasteiger partial charge in [0.25, 0.3) is 5.91 Å². The molecule has 1 aromatic heterocycles. The highest BCUT2D eigenvalue weighted by atomic mass is 19.3. The van der Waals surface area contributed by atoms with E-state index in [4.69, 9.17) is 10.5 Å². The van der Waals surface area contributed by atoms with Gasteiger partial charge < -0.3 is 15.8 Å². The van der Waals surface area contributed by atoms with E-state index in [0.29, 0.717) is 22.6 Å². The number of amides is 2. The summed E-state index contributed by atoms with van der Waals surface area (Å²) in [6, 6.07) is 12.8. The number of rotatable bonds is 8. The van der Waals surface area contributed by atoms with Crippen molar-refractivity contribution < 1.29 is 23.1 Å². The molecule has 3 N–H and O–H groups in total. The third-order valence-corrected chi connectivity index (χ3v) is 4.08. The number of aromatic nitrogens is 2. The van der Waals surface area contributed by atoms with Crippen LogP contribution in [0.25, 0.3) is 0 Å². The maximum Gasteiger partial charge on any atom is 0.319 e. The minimum Gasteiger partial charge on any atom is -0.457 e. The van der Waals surface area contributed by atoms with Gasteiger partial charge in [-0.3, -0.25) is 14.2 Å². The molecule has 0 aliphatic rings. The average Bonchev–Trinajstić information content (AvgIpc) is 3.18. The molecular formula is C20H18F2N4O3. The quantitative estimate of drug-likeness (QED) is 0.607. The fourth-order valence-electron chi connectivity index (χ4n) is 2.60. The van der Waals surface area contributed by atoms with E-state index in [1.807, 2.05) is 0 Å². The standard InChI is InChI=1S/C20H18F2N4O3/c21-20(22)26-12-11-24-17(26)9-10-25-19(28)14-3-7-16(8-4-14)29-15-5-1-13(2-6-15)18(23)27/h1-8,11-12,20H,9-10H2,(H2,23,27)(H,25,28). The van der Waals surface area contributed by atoms with E-state index in [1.165, 1.54) is 12.4 Å². The van der Waals surface area contributed by atoms with E-state index in [0.717, 1.165) is 4.57 Å². The number of ether oxygens (including phenoxy) is 1. The molecule has 0 atom stereocenters. The SMILES string of the molecule is NC(=O)c1ccc(Oc2ccc(C(=O)NCCc3nccn3C(F)F)cc2)cc1. The Labute approximate surface area is 165 Å². The summed E-state index contributed by atoms with van der Waals surface area (Å²) in [4.78, 5) is 27.1. The molecule has 150 valence electrons. The van der Waals surface area contributed by atoms with Crippen LogP contribution in [0.4, 0.5) is 8.78 Å². The van der Waals surface area contributed by atoms with Crippen molar-refractivity contribution in [2.75, 3.05) is 6.54 Å². The lowest BCUT2D eigenvalue weighted by atomic mass is 10.2. The number of nitrogens with two attached hydrogens (primary N) is 1. The first-order valence-electron chi connectivity index (χ1n) is 8.70. The number of alkyl halides is 2. The third-order valence-electron chi connectivity index (χ3n) is 4.08. The van der Waals surface area contributed by atoms with Crippen molar-refractivity contribution in [3.8, 4) is 11.5 Å². The van der Waals surface area contributed by atoms with Gasteiger partial charge >= 0.3 is 6.55 Å². The van der Waals surface area contributed by atoms with Gasteiger partial charge in [0, 0.05) is 36.5 Å². The molecule has 1 heterocycles. The largest absolute Gasteiger partial charge is 0.457 e. The number of halogens is 2. The minimum atomic E-state index is -2.66. The molecule has 3 aromatic rings. The molecule has 0 spiro atoms. The maximum atomic E-state index is 12.8. The van der Waals surface area contributed by atoms with E-state index in [2.05, 4.69) is 10.3 Å². The number of nitrogens with zero attached hydrogens (tertiary/aromatic N) is 2. The molecule has 0 saturated heterocycles. The molecule has 0 fully saturated rings. The fraction of sp³-hybridized carbons (Fsp3) is 0.150. The van der Waals surface area contributed by atoms with Crippen LogP contribution >= 0.6 is 0 Å². The Kier molecular flexibility index (Phi) is 6.18. The molecule has 2 aromatic carbocycles. The van der Waals surface area contributed by atoms with Crippen molar-refractivity contribution in [2.24, 2.45) is 5.73 Å². The Morgan fingerprint density at radius 1 is 1.03 bits per heavy atom. The number of carbonyl (C=O) groups is 2. The van der Waals surface area contributed by atoms with Crippen LogP contribution in [-0.2, 0) is 6.42 Å². The first-order valence-corrected chi connectivity index (χ1v) is 8.70. The minimum absolute atomic E-state index is 0.174. The smallest absolute Gasteiger partial charge is 0.319 e. The number of benzene rings is 2. The predicted molar refractivity (Wildman–Crippen MR) is 101 cm³/mol. The van der Waals surface area contributed by atoms with Crippen molar-refractivity contribution in [3.63, 3.8) is 0 Å². The summed E-state index contributed by atoms with van der Waals surface area (Å²) >= 11 is 0. The lowest BCUT2D eigenvalue weighted by Crippen LogP contribution is -2.26. The molecular weight excluding hydrogens is 382 g/mol. The average molecular weight is 400 g/mol. The Bertz CT molecular complexity index is 986. The number of carbonyl (C=O) groups excluding carboxylic acids is 2. The summed E-state index contributed by atoms with van der Waals surface area (Å²) in [5.74, 6) is 0.364. The molecule has 0 aliphatic carbocycles. The van der Waals surface area contributed by atoms with Gasteiger partial charge in [0.2, 0.25) is 5.91 Å². The normalized spacial score (nSPS) is 10.7. The van der Waals surface area contributed by atoms with E-state index in [9.17, 15) is 18.4 Å². The highest BCUT2D eigenvalue weighted by Crippen LogP contribution is 2.22. The summed E-state index contributed by atoms with van der Waals surface area (Å²) in [6.45, 7) is -2.49. The Hall–Kier alpha value is -3.75. The van der Waals surface area contributed by atoms with Gasteiger partial charge in [-0.1, -0.05) is 0 Å². The number of hydrogen-bond donors (Lipinski definition) is 2. The highest BCUT2D eigenvalue weighted by molar-refractivity contribution is 5.94. The van der Waals surface area contributed by atoms with E-state index in [1.54, 1.807) is 48.5 Å². The molecule has 29 heavy (non-hydrogen) atoms. The van der Waals surface area contributed by atoms with Crippen LogP contribution in [0.1, 0.15) is 33.1 Å². The zero-order valence-electron chi connectivity index (χ0n) is 15.2. The third kappa shape index (κ3) is 5.16. The van der Waals surface area contributed by atoms with Crippen LogP contribution in [0.3, 0.4) is 0 Å². The van der Waals surface area contributed by atoms with Crippen LogP contribution in [0.2, 0.25) is 0 Å².